The number of hydrogen-bond acceptors (Lipinski definition) is 1. The summed E-state index contributed by atoms with van der Waals surface area (Å²) in [7, 11) is 0. The van der Waals surface area contributed by atoms with Crippen LogP contribution in [0.25, 0.3) is 75.4 Å². The zero-order chi connectivity index (χ0) is 29.8. The first kappa shape index (κ1) is 26.9. The third-order valence-corrected chi connectivity index (χ3v) is 10.3. The lowest BCUT2D eigenvalue weighted by atomic mass is 9.96. The van der Waals surface area contributed by atoms with E-state index in [1.165, 1.54) is 80.9 Å². The summed E-state index contributed by atoms with van der Waals surface area (Å²) in [5.41, 5.74) is 11.7. The Morgan fingerprint density at radius 2 is 1.16 bits per heavy atom. The van der Waals surface area contributed by atoms with E-state index < -0.39 is 0 Å². The molecule has 2 aromatic heterocycles. The Morgan fingerprint density at radius 1 is 0.523 bits per heavy atom. The maximum atomic E-state index is 2.49. The lowest BCUT2D eigenvalue weighted by molar-refractivity contribution is 0.642. The predicted molar refractivity (Wildman–Crippen MR) is 193 cm³/mol. The molecule has 0 aliphatic heterocycles. The summed E-state index contributed by atoms with van der Waals surface area (Å²) in [6.07, 6.45) is 2.23. The standard InChI is InChI=1S/C42H35NS/c1-4-12-28-23-35(30-15-9-6-10-16-30)42-38(24-28)34-18-11-17-33(41(34)44-42)32-20-22-40-37(26-32)36-25-31(29-13-7-5-8-14-29)19-21-39(36)43(40)27(2)3/h5-11,13-27H,4,12H2,1-3H3. The van der Waals surface area contributed by atoms with Gasteiger partial charge in [0.2, 0.25) is 0 Å². The van der Waals surface area contributed by atoms with Gasteiger partial charge in [-0.15, -0.1) is 11.3 Å². The molecule has 1 nitrogen and oxygen atoms in total. The van der Waals surface area contributed by atoms with Crippen molar-refractivity contribution in [2.45, 2.75) is 39.7 Å². The fraction of sp³-hybridized carbons (Fsp3) is 0.143. The molecule has 2 heterocycles. The van der Waals surface area contributed by atoms with Gasteiger partial charge in [-0.05, 0) is 95.6 Å². The van der Waals surface area contributed by atoms with Crippen molar-refractivity contribution in [3.63, 3.8) is 0 Å². The summed E-state index contributed by atoms with van der Waals surface area (Å²) < 4.78 is 5.23. The monoisotopic (exact) mass is 585 g/mol. The van der Waals surface area contributed by atoms with E-state index in [-0.39, 0.29) is 0 Å². The zero-order valence-electron chi connectivity index (χ0n) is 25.5. The van der Waals surface area contributed by atoms with Gasteiger partial charge in [-0.2, -0.15) is 0 Å². The second kappa shape index (κ2) is 10.8. The molecule has 0 bridgehead atoms. The minimum Gasteiger partial charge on any atom is -0.338 e. The van der Waals surface area contributed by atoms with E-state index in [0.29, 0.717) is 6.04 Å². The van der Waals surface area contributed by atoms with Crippen molar-refractivity contribution >= 4 is 53.3 Å². The van der Waals surface area contributed by atoms with Crippen LogP contribution in [-0.2, 0) is 6.42 Å². The molecule has 0 saturated carbocycles. The summed E-state index contributed by atoms with van der Waals surface area (Å²) in [5, 5.41) is 5.36. The first-order valence-corrected chi connectivity index (χ1v) is 16.6. The summed E-state index contributed by atoms with van der Waals surface area (Å²) in [5.74, 6) is 0. The normalized spacial score (nSPS) is 11.9. The molecule has 0 amide bonds. The summed E-state index contributed by atoms with van der Waals surface area (Å²) >= 11 is 1.95. The second-order valence-corrected chi connectivity index (χ2v) is 13.2. The molecule has 214 valence electrons. The van der Waals surface area contributed by atoms with Crippen molar-refractivity contribution in [3.8, 4) is 33.4 Å². The number of fused-ring (bicyclic) bond motifs is 6. The molecule has 0 spiro atoms. The number of thiophene rings is 1. The third kappa shape index (κ3) is 4.36. The maximum Gasteiger partial charge on any atom is 0.0494 e. The smallest absolute Gasteiger partial charge is 0.0494 e. The molecule has 8 rings (SSSR count). The van der Waals surface area contributed by atoms with Gasteiger partial charge in [0, 0.05) is 48.0 Å². The first-order chi connectivity index (χ1) is 21.6. The van der Waals surface area contributed by atoms with E-state index in [9.17, 15) is 0 Å². The van der Waals surface area contributed by atoms with E-state index >= 15 is 0 Å². The van der Waals surface area contributed by atoms with Crippen molar-refractivity contribution in [2.24, 2.45) is 0 Å². The summed E-state index contributed by atoms with van der Waals surface area (Å²) in [6.45, 7) is 6.84. The minimum atomic E-state index is 0.364. The van der Waals surface area contributed by atoms with Crippen LogP contribution < -0.4 is 0 Å². The molecule has 0 atom stereocenters. The van der Waals surface area contributed by atoms with Crippen LogP contribution in [0.5, 0.6) is 0 Å². The molecule has 2 heteroatoms. The van der Waals surface area contributed by atoms with E-state index in [2.05, 4.69) is 153 Å². The molecule has 0 N–H and O–H groups in total. The van der Waals surface area contributed by atoms with Gasteiger partial charge >= 0.3 is 0 Å². The van der Waals surface area contributed by atoms with E-state index in [4.69, 9.17) is 0 Å². The molecule has 0 saturated heterocycles. The molecule has 8 aromatic rings. The van der Waals surface area contributed by atoms with Crippen LogP contribution in [0.4, 0.5) is 0 Å². The van der Waals surface area contributed by atoms with Gasteiger partial charge in [-0.1, -0.05) is 104 Å². The van der Waals surface area contributed by atoms with Crippen LogP contribution in [0.2, 0.25) is 0 Å². The molecular formula is C42H35NS. The van der Waals surface area contributed by atoms with Crippen LogP contribution in [-0.4, -0.2) is 4.57 Å². The Labute approximate surface area is 263 Å². The fourth-order valence-corrected chi connectivity index (χ4v) is 8.39. The SMILES string of the molecule is CCCc1cc(-c2ccccc2)c2sc3c(-c4ccc5c(c4)c4cc(-c6ccccc6)ccc4n5C(C)C)cccc3c2c1. The lowest BCUT2D eigenvalue weighted by Gasteiger charge is -2.12. The summed E-state index contributed by atoms with van der Waals surface area (Å²) in [6, 6.07) is 47.8. The average Bonchev–Trinajstić information content (AvgIpc) is 3.60. The van der Waals surface area contributed by atoms with Crippen LogP contribution in [0.1, 0.15) is 38.8 Å². The van der Waals surface area contributed by atoms with Gasteiger partial charge in [0.05, 0.1) is 0 Å². The maximum absolute atomic E-state index is 2.49. The van der Waals surface area contributed by atoms with Gasteiger partial charge in [-0.3, -0.25) is 0 Å². The predicted octanol–water partition coefficient (Wildman–Crippen LogP) is 12.7. The van der Waals surface area contributed by atoms with E-state index in [1.54, 1.807) is 0 Å². The van der Waals surface area contributed by atoms with Gasteiger partial charge < -0.3 is 4.57 Å². The van der Waals surface area contributed by atoms with Gasteiger partial charge in [0.1, 0.15) is 0 Å². The highest BCUT2D eigenvalue weighted by Crippen LogP contribution is 2.45. The Hall–Kier alpha value is -4.66. The van der Waals surface area contributed by atoms with Crippen LogP contribution >= 0.6 is 11.3 Å². The molecular weight excluding hydrogens is 551 g/mol. The third-order valence-electron chi connectivity index (χ3n) is 9.02. The number of rotatable bonds is 6. The highest BCUT2D eigenvalue weighted by molar-refractivity contribution is 7.26. The number of aryl methyl sites for hydroxylation is 1. The van der Waals surface area contributed by atoms with Gasteiger partial charge in [0.25, 0.3) is 0 Å². The number of aromatic nitrogens is 1. The van der Waals surface area contributed by atoms with Gasteiger partial charge in [0.15, 0.2) is 0 Å². The van der Waals surface area contributed by atoms with Crippen molar-refractivity contribution < 1.29 is 0 Å². The Bertz CT molecular complexity index is 2300. The van der Waals surface area contributed by atoms with Crippen molar-refractivity contribution in [3.05, 3.63) is 133 Å². The first-order valence-electron chi connectivity index (χ1n) is 15.8. The molecule has 0 aliphatic carbocycles. The topological polar surface area (TPSA) is 4.93 Å². The van der Waals surface area contributed by atoms with E-state index in [1.807, 2.05) is 11.3 Å². The molecule has 0 unspecified atom stereocenters. The summed E-state index contributed by atoms with van der Waals surface area (Å²) in [4.78, 5) is 0. The Balaban J connectivity index is 1.37. The lowest BCUT2D eigenvalue weighted by Crippen LogP contribution is -1.99. The molecule has 0 aliphatic rings. The quantitative estimate of drug-likeness (QED) is 0.183. The van der Waals surface area contributed by atoms with Crippen LogP contribution in [0.15, 0.2) is 127 Å². The van der Waals surface area contributed by atoms with E-state index in [0.717, 1.165) is 12.8 Å². The van der Waals surface area contributed by atoms with Crippen molar-refractivity contribution in [1.29, 1.82) is 0 Å². The molecule has 0 radical (unpaired) electrons. The highest BCUT2D eigenvalue weighted by Gasteiger charge is 2.18. The van der Waals surface area contributed by atoms with Crippen LogP contribution in [0.3, 0.4) is 0 Å². The van der Waals surface area contributed by atoms with Crippen LogP contribution in [0, 0.1) is 0 Å². The molecule has 6 aromatic carbocycles. The average molecular weight is 586 g/mol. The number of hydrogen-bond donors (Lipinski definition) is 0. The number of benzene rings is 6. The van der Waals surface area contributed by atoms with Crippen molar-refractivity contribution in [1.82, 2.24) is 4.57 Å². The minimum absolute atomic E-state index is 0.364. The largest absolute Gasteiger partial charge is 0.338 e. The Kier molecular flexibility index (Phi) is 6.61. The molecule has 44 heavy (non-hydrogen) atoms. The fourth-order valence-electron chi connectivity index (χ4n) is 7.04. The number of nitrogens with zero attached hydrogens (tertiary/aromatic N) is 1. The van der Waals surface area contributed by atoms with Gasteiger partial charge in [-0.25, -0.2) is 0 Å². The second-order valence-electron chi connectivity index (χ2n) is 12.2. The Morgan fingerprint density at radius 3 is 1.84 bits per heavy atom. The van der Waals surface area contributed by atoms with Crippen molar-refractivity contribution in [2.75, 3.05) is 0 Å². The molecule has 0 fully saturated rings. The zero-order valence-corrected chi connectivity index (χ0v) is 26.3. The highest BCUT2D eigenvalue weighted by atomic mass is 32.1.